The van der Waals surface area contributed by atoms with Crippen LogP contribution in [0.15, 0.2) is 22.8 Å². The zero-order valence-electron chi connectivity index (χ0n) is 5.22. The number of rotatable bonds is 0. The molecule has 0 nitrogen and oxygen atoms in total. The molecular formula is C9H8. The molecule has 3 atom stereocenters. The Kier molecular flexibility index (Phi) is 0.300. The third-order valence-corrected chi connectivity index (χ3v) is 3.55. The molecule has 4 aliphatic carbocycles. The van der Waals surface area contributed by atoms with Gasteiger partial charge >= 0.3 is 0 Å². The van der Waals surface area contributed by atoms with Crippen LogP contribution in [0, 0.1) is 17.8 Å². The molecule has 0 aromatic heterocycles. The van der Waals surface area contributed by atoms with Crippen LogP contribution >= 0.6 is 0 Å². The standard InChI is InChI=1S/C9H8/c1-4-2-8-6-3-5(6)7(1)9(4)8/h1,5-6,8H,2-3H2. The maximum atomic E-state index is 2.45. The molecule has 0 radical (unpaired) electrons. The molecule has 4 aliphatic rings. The summed E-state index contributed by atoms with van der Waals surface area (Å²) in [4.78, 5) is 0. The minimum Gasteiger partial charge on any atom is -0.0549 e. The van der Waals surface area contributed by atoms with Crippen molar-refractivity contribution in [2.45, 2.75) is 12.8 Å². The van der Waals surface area contributed by atoms with Crippen LogP contribution in [0.25, 0.3) is 0 Å². The third kappa shape index (κ3) is 0.200. The van der Waals surface area contributed by atoms with Gasteiger partial charge in [-0.05, 0) is 47.3 Å². The van der Waals surface area contributed by atoms with E-state index in [1.165, 1.54) is 12.8 Å². The molecule has 44 valence electrons. The maximum Gasteiger partial charge on any atom is -0.00814 e. The lowest BCUT2D eigenvalue weighted by atomic mass is 9.67. The van der Waals surface area contributed by atoms with Crippen molar-refractivity contribution >= 4 is 0 Å². The Hall–Kier alpha value is -0.520. The predicted molar refractivity (Wildman–Crippen MR) is 34.8 cm³/mol. The van der Waals surface area contributed by atoms with Gasteiger partial charge in [0, 0.05) is 0 Å². The van der Waals surface area contributed by atoms with E-state index in [0.29, 0.717) is 0 Å². The van der Waals surface area contributed by atoms with Gasteiger partial charge in [-0.25, -0.2) is 0 Å². The fraction of sp³-hybridized carbons (Fsp3) is 0.556. The summed E-state index contributed by atoms with van der Waals surface area (Å²) in [6, 6.07) is 0. The first kappa shape index (κ1) is 3.60. The number of hydrogen-bond acceptors (Lipinski definition) is 0. The van der Waals surface area contributed by atoms with Gasteiger partial charge in [0.2, 0.25) is 0 Å². The molecule has 0 N–H and O–H groups in total. The van der Waals surface area contributed by atoms with Crippen LogP contribution in [0.2, 0.25) is 0 Å². The van der Waals surface area contributed by atoms with E-state index in [4.69, 9.17) is 0 Å². The van der Waals surface area contributed by atoms with Crippen LogP contribution in [0.4, 0.5) is 0 Å². The largest absolute Gasteiger partial charge is 0.0549 e. The van der Waals surface area contributed by atoms with Crippen LogP contribution < -0.4 is 0 Å². The molecule has 0 spiro atoms. The molecule has 2 fully saturated rings. The molecule has 0 aromatic carbocycles. The van der Waals surface area contributed by atoms with Crippen molar-refractivity contribution < 1.29 is 0 Å². The summed E-state index contributed by atoms with van der Waals surface area (Å²) in [6.07, 6.45) is 5.43. The summed E-state index contributed by atoms with van der Waals surface area (Å²) in [5.74, 6) is 3.28. The van der Waals surface area contributed by atoms with Crippen LogP contribution in [-0.4, -0.2) is 0 Å². The van der Waals surface area contributed by atoms with Gasteiger partial charge in [0.05, 0.1) is 0 Å². The van der Waals surface area contributed by atoms with Gasteiger partial charge in [0.1, 0.15) is 0 Å². The Morgan fingerprint density at radius 1 is 1.33 bits per heavy atom. The second-order valence-corrected chi connectivity index (χ2v) is 3.86. The molecule has 0 heteroatoms. The lowest BCUT2D eigenvalue weighted by molar-refractivity contribution is 0.483. The molecule has 0 amide bonds. The number of fused-ring (bicyclic) bond motifs is 3. The van der Waals surface area contributed by atoms with Gasteiger partial charge in [-0.1, -0.05) is 6.08 Å². The van der Waals surface area contributed by atoms with Gasteiger partial charge in [-0.3, -0.25) is 0 Å². The Bertz CT molecular complexity index is 280. The van der Waals surface area contributed by atoms with Gasteiger partial charge < -0.3 is 0 Å². The van der Waals surface area contributed by atoms with E-state index in [0.717, 1.165) is 17.8 Å². The van der Waals surface area contributed by atoms with Crippen molar-refractivity contribution in [3.05, 3.63) is 22.8 Å². The van der Waals surface area contributed by atoms with E-state index in [1.807, 2.05) is 5.57 Å². The van der Waals surface area contributed by atoms with Crippen molar-refractivity contribution in [2.24, 2.45) is 17.8 Å². The molecule has 0 aliphatic heterocycles. The summed E-state index contributed by atoms with van der Waals surface area (Å²) >= 11 is 0. The van der Waals surface area contributed by atoms with Crippen molar-refractivity contribution in [1.82, 2.24) is 0 Å². The molecule has 0 aromatic rings. The highest BCUT2D eigenvalue weighted by molar-refractivity contribution is 5.67. The quantitative estimate of drug-likeness (QED) is 0.453. The highest BCUT2D eigenvalue weighted by Gasteiger charge is 2.60. The van der Waals surface area contributed by atoms with Crippen LogP contribution in [-0.2, 0) is 0 Å². The van der Waals surface area contributed by atoms with Crippen LogP contribution in [0.3, 0.4) is 0 Å². The number of hydrogen-bond donors (Lipinski definition) is 0. The SMILES string of the molecule is C1=C2CC3C2=C1C1CC13. The van der Waals surface area contributed by atoms with Crippen molar-refractivity contribution in [2.75, 3.05) is 0 Å². The van der Waals surface area contributed by atoms with Gasteiger partial charge in [-0.2, -0.15) is 0 Å². The first-order valence-corrected chi connectivity index (χ1v) is 3.90. The highest BCUT2D eigenvalue weighted by atomic mass is 14.6. The van der Waals surface area contributed by atoms with Crippen molar-refractivity contribution in [3.63, 3.8) is 0 Å². The first-order valence-electron chi connectivity index (χ1n) is 3.90. The molecule has 9 heavy (non-hydrogen) atoms. The minimum atomic E-state index is 1.07. The lowest BCUT2D eigenvalue weighted by Crippen LogP contribution is -2.23. The van der Waals surface area contributed by atoms with Gasteiger partial charge in [0.15, 0.2) is 0 Å². The molecule has 3 unspecified atom stereocenters. The summed E-state index contributed by atoms with van der Waals surface area (Å²) in [5.41, 5.74) is 5.30. The van der Waals surface area contributed by atoms with Gasteiger partial charge in [0.25, 0.3) is 0 Å². The minimum absolute atomic E-state index is 1.07. The highest BCUT2D eigenvalue weighted by Crippen LogP contribution is 2.71. The van der Waals surface area contributed by atoms with E-state index in [2.05, 4.69) is 6.08 Å². The summed E-state index contributed by atoms with van der Waals surface area (Å²) < 4.78 is 0. The van der Waals surface area contributed by atoms with Gasteiger partial charge in [-0.15, -0.1) is 0 Å². The summed E-state index contributed by atoms with van der Waals surface area (Å²) in [5, 5.41) is 0. The molecule has 0 heterocycles. The fourth-order valence-electron chi connectivity index (χ4n) is 2.97. The molecule has 0 bridgehead atoms. The molecule has 0 saturated heterocycles. The predicted octanol–water partition coefficient (Wildman–Crippen LogP) is 1.89. The Morgan fingerprint density at radius 2 is 2.33 bits per heavy atom. The van der Waals surface area contributed by atoms with Crippen molar-refractivity contribution in [3.8, 4) is 0 Å². The Morgan fingerprint density at radius 3 is 3.00 bits per heavy atom. The van der Waals surface area contributed by atoms with E-state index >= 15 is 0 Å². The second-order valence-electron chi connectivity index (χ2n) is 3.86. The summed E-state index contributed by atoms with van der Waals surface area (Å²) in [6.45, 7) is 0. The zero-order chi connectivity index (χ0) is 5.59. The summed E-state index contributed by atoms with van der Waals surface area (Å²) in [7, 11) is 0. The second kappa shape index (κ2) is 0.749. The van der Waals surface area contributed by atoms with Crippen LogP contribution in [0.1, 0.15) is 12.8 Å². The van der Waals surface area contributed by atoms with E-state index in [9.17, 15) is 0 Å². The Labute approximate surface area is 54.3 Å². The molecule has 4 rings (SSSR count). The Balaban J connectivity index is 2.05. The smallest absolute Gasteiger partial charge is 0.00814 e. The average molecular weight is 116 g/mol. The van der Waals surface area contributed by atoms with Crippen LogP contribution in [0.5, 0.6) is 0 Å². The van der Waals surface area contributed by atoms with E-state index in [-0.39, 0.29) is 0 Å². The zero-order valence-corrected chi connectivity index (χ0v) is 5.22. The third-order valence-electron chi connectivity index (χ3n) is 3.55. The first-order chi connectivity index (χ1) is 4.45. The molecular weight excluding hydrogens is 108 g/mol. The molecule has 2 saturated carbocycles. The number of allylic oxidation sites excluding steroid dienone is 4. The fourth-order valence-corrected chi connectivity index (χ4v) is 2.97. The lowest BCUT2D eigenvalue weighted by Gasteiger charge is -2.37. The maximum absolute atomic E-state index is 2.45. The van der Waals surface area contributed by atoms with E-state index in [1.54, 1.807) is 11.1 Å². The normalized spacial score (nSPS) is 55.1. The van der Waals surface area contributed by atoms with E-state index < -0.39 is 0 Å². The monoisotopic (exact) mass is 116 g/mol. The average Bonchev–Trinajstić information content (AvgIpc) is 2.46. The van der Waals surface area contributed by atoms with Crippen molar-refractivity contribution in [1.29, 1.82) is 0 Å². The topological polar surface area (TPSA) is 0 Å².